The average Bonchev–Trinajstić information content (AvgIpc) is 3.22. The number of likely N-dealkylation sites (N-methyl/N-ethyl adjacent to an activating group) is 1. The van der Waals surface area contributed by atoms with Gasteiger partial charge in [0.15, 0.2) is 5.62 Å². The van der Waals surface area contributed by atoms with Gasteiger partial charge in [0.25, 0.3) is 5.91 Å². The number of carbonyl (C=O) groups excluding carboxylic acids is 2. The van der Waals surface area contributed by atoms with Crippen molar-refractivity contribution in [2.75, 3.05) is 45.7 Å². The number of nitrogens with one attached hydrogen (secondary N) is 3. The number of amides is 1. The van der Waals surface area contributed by atoms with Gasteiger partial charge in [0, 0.05) is 49.8 Å². The Balaban J connectivity index is 1.39. The molecule has 0 spiro atoms. The van der Waals surface area contributed by atoms with Crippen molar-refractivity contribution in [3.05, 3.63) is 53.3 Å². The summed E-state index contributed by atoms with van der Waals surface area (Å²) in [6, 6.07) is 9.39. The summed E-state index contributed by atoms with van der Waals surface area (Å²) in [5.74, 6) is 0.465. The quantitative estimate of drug-likeness (QED) is 0.219. The molecular formula is C24H28FN5O4S. The van der Waals surface area contributed by atoms with Crippen molar-refractivity contribution in [2.45, 2.75) is 12.6 Å². The minimum Gasteiger partial charge on any atom is -0.489 e. The van der Waals surface area contributed by atoms with E-state index in [9.17, 15) is 14.0 Å². The van der Waals surface area contributed by atoms with Crippen molar-refractivity contribution in [3.63, 3.8) is 0 Å². The Kier molecular flexibility index (Phi) is 8.09. The normalized spacial score (nSPS) is 19.8. The van der Waals surface area contributed by atoms with E-state index in [1.807, 2.05) is 7.05 Å². The Morgan fingerprint density at radius 2 is 2.14 bits per heavy atom. The monoisotopic (exact) mass is 501 g/mol. The number of fused-ring (bicyclic) bond motifs is 1. The lowest BCUT2D eigenvalue weighted by Crippen LogP contribution is -2.42. The minimum atomic E-state index is -0.363. The highest BCUT2D eigenvalue weighted by Gasteiger charge is 2.36. The smallest absolute Gasteiger partial charge is 0.251 e. The molecule has 0 radical (unpaired) electrons. The molecule has 3 N–H and O–H groups in total. The van der Waals surface area contributed by atoms with Crippen molar-refractivity contribution in [2.24, 2.45) is 11.0 Å². The van der Waals surface area contributed by atoms with Crippen LogP contribution in [-0.4, -0.2) is 67.8 Å². The third-order valence-corrected chi connectivity index (χ3v) is 6.56. The van der Waals surface area contributed by atoms with Crippen LogP contribution in [0.5, 0.6) is 11.5 Å². The van der Waals surface area contributed by atoms with E-state index in [1.165, 1.54) is 12.1 Å². The molecule has 4 rings (SSSR count). The molecule has 2 aliphatic rings. The van der Waals surface area contributed by atoms with Gasteiger partial charge >= 0.3 is 0 Å². The fraction of sp³-hybridized carbons (Fsp3) is 0.375. The first kappa shape index (κ1) is 24.8. The number of anilines is 1. The summed E-state index contributed by atoms with van der Waals surface area (Å²) < 4.78 is 25.5. The van der Waals surface area contributed by atoms with Crippen LogP contribution in [-0.2, 0) is 11.4 Å². The van der Waals surface area contributed by atoms with Crippen LogP contribution in [0.1, 0.15) is 15.9 Å². The predicted molar refractivity (Wildman–Crippen MR) is 134 cm³/mol. The van der Waals surface area contributed by atoms with E-state index in [0.717, 1.165) is 17.4 Å². The SMILES string of the molecule is CN/N=C(\SC=O)C1CN(C)CC1NC(=O)c1ccc(OCc2cc(F)cc3c2OCCN3)cc1. The number of halogens is 1. The van der Waals surface area contributed by atoms with Gasteiger partial charge in [-0.05, 0) is 49.1 Å². The van der Waals surface area contributed by atoms with Gasteiger partial charge in [-0.1, -0.05) is 0 Å². The zero-order valence-corrected chi connectivity index (χ0v) is 20.4. The summed E-state index contributed by atoms with van der Waals surface area (Å²) in [4.78, 5) is 26.1. The van der Waals surface area contributed by atoms with Crippen LogP contribution in [0.2, 0.25) is 0 Å². The molecule has 2 aliphatic heterocycles. The molecule has 2 aromatic rings. The fourth-order valence-electron chi connectivity index (χ4n) is 4.27. The summed E-state index contributed by atoms with van der Waals surface area (Å²) in [6.45, 7) is 2.59. The van der Waals surface area contributed by atoms with E-state index in [1.54, 1.807) is 31.3 Å². The topological polar surface area (TPSA) is 104 Å². The molecule has 1 fully saturated rings. The molecule has 0 aliphatic carbocycles. The molecule has 0 saturated carbocycles. The first-order valence-electron chi connectivity index (χ1n) is 11.2. The van der Waals surface area contributed by atoms with Gasteiger partial charge in [-0.25, -0.2) is 4.39 Å². The molecule has 2 aromatic carbocycles. The molecule has 1 saturated heterocycles. The van der Waals surface area contributed by atoms with Gasteiger partial charge in [0.05, 0.1) is 11.7 Å². The number of thioether (sulfide) groups is 1. The van der Waals surface area contributed by atoms with E-state index < -0.39 is 0 Å². The van der Waals surface area contributed by atoms with E-state index in [-0.39, 0.29) is 30.3 Å². The Morgan fingerprint density at radius 1 is 1.34 bits per heavy atom. The molecule has 0 aromatic heterocycles. The van der Waals surface area contributed by atoms with Crippen LogP contribution in [0.25, 0.3) is 0 Å². The van der Waals surface area contributed by atoms with Crippen molar-refractivity contribution in [3.8, 4) is 11.5 Å². The number of nitrogens with zero attached hydrogens (tertiary/aromatic N) is 2. The fourth-order valence-corrected chi connectivity index (χ4v) is 4.92. The van der Waals surface area contributed by atoms with E-state index in [0.29, 0.717) is 59.6 Å². The van der Waals surface area contributed by atoms with Crippen LogP contribution in [0.4, 0.5) is 10.1 Å². The molecule has 9 nitrogen and oxygen atoms in total. The van der Waals surface area contributed by atoms with Crippen LogP contribution in [0.3, 0.4) is 0 Å². The number of likely N-dealkylation sites (tertiary alicyclic amines) is 1. The molecule has 35 heavy (non-hydrogen) atoms. The van der Waals surface area contributed by atoms with Gasteiger partial charge in [-0.2, -0.15) is 5.10 Å². The van der Waals surface area contributed by atoms with Gasteiger partial charge in [-0.15, -0.1) is 0 Å². The van der Waals surface area contributed by atoms with Crippen LogP contribution in [0.15, 0.2) is 41.5 Å². The predicted octanol–water partition coefficient (Wildman–Crippen LogP) is 2.33. The Labute approximate surface area is 207 Å². The first-order valence-corrected chi connectivity index (χ1v) is 12.1. The van der Waals surface area contributed by atoms with Crippen LogP contribution >= 0.6 is 11.8 Å². The second-order valence-corrected chi connectivity index (χ2v) is 9.17. The summed E-state index contributed by atoms with van der Waals surface area (Å²) in [7, 11) is 3.64. The molecule has 2 unspecified atom stereocenters. The second-order valence-electron chi connectivity index (χ2n) is 8.33. The van der Waals surface area contributed by atoms with E-state index in [4.69, 9.17) is 9.47 Å². The van der Waals surface area contributed by atoms with Gasteiger partial charge in [0.2, 0.25) is 0 Å². The molecule has 186 valence electrons. The zero-order chi connectivity index (χ0) is 24.8. The summed E-state index contributed by atoms with van der Waals surface area (Å²) in [5, 5.41) is 11.0. The third-order valence-electron chi connectivity index (χ3n) is 5.83. The number of hydrogen-bond donors (Lipinski definition) is 3. The van der Waals surface area contributed by atoms with Gasteiger partial charge in [-0.3, -0.25) is 9.59 Å². The number of rotatable bonds is 8. The van der Waals surface area contributed by atoms with E-state index in [2.05, 4.69) is 26.1 Å². The van der Waals surface area contributed by atoms with Crippen LogP contribution in [0, 0.1) is 11.7 Å². The average molecular weight is 502 g/mol. The highest BCUT2D eigenvalue weighted by atomic mass is 32.2. The Hall–Kier alpha value is -3.31. The number of hydrogen-bond acceptors (Lipinski definition) is 9. The second kappa shape index (κ2) is 11.4. The Bertz CT molecular complexity index is 1100. The summed E-state index contributed by atoms with van der Waals surface area (Å²) in [5.41, 5.74) is 5.18. The molecule has 1 amide bonds. The lowest BCUT2D eigenvalue weighted by atomic mass is 10.0. The number of benzene rings is 2. The maximum absolute atomic E-state index is 13.9. The van der Waals surface area contributed by atoms with Crippen molar-refractivity contribution in [1.82, 2.24) is 15.6 Å². The van der Waals surface area contributed by atoms with Crippen LogP contribution < -0.4 is 25.5 Å². The maximum Gasteiger partial charge on any atom is 0.251 e. The lowest BCUT2D eigenvalue weighted by Gasteiger charge is -2.22. The summed E-state index contributed by atoms with van der Waals surface area (Å²) in [6.07, 6.45) is 0. The minimum absolute atomic E-state index is 0.0943. The lowest BCUT2D eigenvalue weighted by molar-refractivity contribution is 0.0935. The van der Waals surface area contributed by atoms with Crippen molar-refractivity contribution in [1.29, 1.82) is 0 Å². The number of ether oxygens (including phenoxy) is 2. The van der Waals surface area contributed by atoms with Gasteiger partial charge in [0.1, 0.15) is 35.6 Å². The molecular weight excluding hydrogens is 473 g/mol. The molecule has 0 bridgehead atoms. The molecule has 2 atom stereocenters. The molecule has 2 heterocycles. The largest absolute Gasteiger partial charge is 0.489 e. The zero-order valence-electron chi connectivity index (χ0n) is 19.5. The van der Waals surface area contributed by atoms with Gasteiger partial charge < -0.3 is 30.4 Å². The first-order chi connectivity index (χ1) is 17.0. The Morgan fingerprint density at radius 3 is 2.89 bits per heavy atom. The van der Waals surface area contributed by atoms with Crippen molar-refractivity contribution >= 4 is 34.0 Å². The highest BCUT2D eigenvalue weighted by Crippen LogP contribution is 2.33. The van der Waals surface area contributed by atoms with E-state index >= 15 is 0 Å². The highest BCUT2D eigenvalue weighted by molar-refractivity contribution is 8.24. The summed E-state index contributed by atoms with van der Waals surface area (Å²) >= 11 is 1.02. The number of carbonyl (C=O) groups is 2. The standard InChI is InChI=1S/C24H28FN5O4S/c1-26-29-24(35-14-31)19-11-30(2)12-21(19)28-23(32)15-3-5-18(6-4-15)34-13-16-9-17(25)10-20-22(16)33-8-7-27-20/h3-6,9-10,14,19,21,26-27H,7-8,11-13H2,1-2H3,(H,28,32)/b29-24-. The molecule has 11 heteroatoms. The third kappa shape index (κ3) is 6.04. The maximum atomic E-state index is 13.9. The number of hydrazone groups is 1. The van der Waals surface area contributed by atoms with Crippen molar-refractivity contribution < 1.29 is 23.5 Å².